The standard InChI is InChI=1S/C23H24ClF3N6O4S/c1-4-18-20(31-13-17(24)14(2)11-19(31)29-18)21(34)28-12-15-5-7-16(8-6-15)32-9-10-33(22(30-32)37-3)38(35,36)23(25,26)27/h5-8,11,13H,4,9-10,12H2,1-3H3,(H,28,34). The van der Waals surface area contributed by atoms with E-state index in [-0.39, 0.29) is 23.3 Å². The molecule has 38 heavy (non-hydrogen) atoms. The topological polar surface area (TPSA) is 109 Å². The Morgan fingerprint density at radius 1 is 1.21 bits per heavy atom. The van der Waals surface area contributed by atoms with Crippen LogP contribution in [0.25, 0.3) is 5.65 Å². The fourth-order valence-corrected chi connectivity index (χ4v) is 4.95. The summed E-state index contributed by atoms with van der Waals surface area (Å²) in [5.74, 6) is -0.324. The Balaban J connectivity index is 1.48. The number of rotatable bonds is 6. The Labute approximate surface area is 221 Å². The van der Waals surface area contributed by atoms with Crippen LogP contribution in [0.15, 0.2) is 41.6 Å². The molecule has 0 radical (unpaired) electrons. The SMILES string of the molecule is CCc1nc2cc(C)c(Cl)cn2c1C(=O)NCc1ccc(N2CCN(S(=O)(=O)C(F)(F)F)C(OC)=N2)cc1. The lowest BCUT2D eigenvalue weighted by molar-refractivity contribution is -0.0477. The quantitative estimate of drug-likeness (QED) is 0.483. The molecule has 2 aromatic heterocycles. The van der Waals surface area contributed by atoms with Crippen LogP contribution in [-0.4, -0.2) is 59.7 Å². The van der Waals surface area contributed by atoms with E-state index < -0.39 is 28.1 Å². The lowest BCUT2D eigenvalue weighted by atomic mass is 10.2. The number of alkyl halides is 3. The summed E-state index contributed by atoms with van der Waals surface area (Å²) in [6.07, 6.45) is 2.22. The van der Waals surface area contributed by atoms with Crippen LogP contribution >= 0.6 is 11.6 Å². The van der Waals surface area contributed by atoms with Gasteiger partial charge in [-0.15, -0.1) is 5.10 Å². The molecular weight excluding hydrogens is 549 g/mol. The molecule has 0 atom stereocenters. The van der Waals surface area contributed by atoms with Crippen LogP contribution in [0.3, 0.4) is 0 Å². The van der Waals surface area contributed by atoms with Gasteiger partial charge in [0.05, 0.1) is 36.6 Å². The predicted molar refractivity (Wildman–Crippen MR) is 135 cm³/mol. The second-order valence-corrected chi connectivity index (χ2v) is 10.6. The molecular formula is C23H24ClF3N6O4S. The van der Waals surface area contributed by atoms with E-state index in [1.165, 1.54) is 5.01 Å². The highest BCUT2D eigenvalue weighted by Crippen LogP contribution is 2.29. The number of hydrazone groups is 1. The zero-order valence-corrected chi connectivity index (χ0v) is 22.2. The second kappa shape index (κ2) is 10.3. The normalized spacial score (nSPS) is 14.6. The fourth-order valence-electron chi connectivity index (χ4n) is 3.91. The maximum atomic E-state index is 13.0. The third kappa shape index (κ3) is 5.10. The molecule has 1 aromatic carbocycles. The number of benzene rings is 1. The highest BCUT2D eigenvalue weighted by molar-refractivity contribution is 7.90. The summed E-state index contributed by atoms with van der Waals surface area (Å²) in [5, 5.41) is 8.63. The highest BCUT2D eigenvalue weighted by Gasteiger charge is 2.52. The van der Waals surface area contributed by atoms with Crippen molar-refractivity contribution in [1.29, 1.82) is 0 Å². The first-order valence-corrected chi connectivity index (χ1v) is 13.2. The number of ether oxygens (including phenoxy) is 1. The van der Waals surface area contributed by atoms with Gasteiger partial charge in [0, 0.05) is 12.7 Å². The Morgan fingerprint density at radius 2 is 1.89 bits per heavy atom. The molecule has 3 heterocycles. The number of pyridine rings is 1. The number of hydrogen-bond acceptors (Lipinski definition) is 7. The number of carbonyl (C=O) groups is 1. The number of methoxy groups -OCH3 is 1. The largest absolute Gasteiger partial charge is 0.516 e. The van der Waals surface area contributed by atoms with E-state index in [1.54, 1.807) is 34.9 Å². The van der Waals surface area contributed by atoms with Gasteiger partial charge >= 0.3 is 21.6 Å². The van der Waals surface area contributed by atoms with Crippen LogP contribution in [0, 0.1) is 6.92 Å². The number of imidazole rings is 1. The second-order valence-electron chi connectivity index (χ2n) is 8.38. The van der Waals surface area contributed by atoms with Crippen molar-refractivity contribution < 1.29 is 31.1 Å². The van der Waals surface area contributed by atoms with E-state index >= 15 is 0 Å². The molecule has 0 spiro atoms. The lowest BCUT2D eigenvalue weighted by Crippen LogP contribution is -2.51. The molecule has 1 aliphatic rings. The minimum atomic E-state index is -5.63. The van der Waals surface area contributed by atoms with Gasteiger partial charge in [0.15, 0.2) is 0 Å². The molecule has 10 nitrogen and oxygen atoms in total. The number of amides is 1. The third-order valence-corrected chi connectivity index (χ3v) is 7.81. The first-order valence-electron chi connectivity index (χ1n) is 11.4. The van der Waals surface area contributed by atoms with Gasteiger partial charge in [0.2, 0.25) is 0 Å². The summed E-state index contributed by atoms with van der Waals surface area (Å²) in [4.78, 5) is 17.6. The summed E-state index contributed by atoms with van der Waals surface area (Å²) < 4.78 is 69.1. The van der Waals surface area contributed by atoms with Crippen molar-refractivity contribution in [2.45, 2.75) is 32.3 Å². The summed E-state index contributed by atoms with van der Waals surface area (Å²) in [6.45, 7) is 3.32. The molecule has 0 saturated heterocycles. The Hall–Kier alpha value is -3.52. The number of anilines is 1. The summed E-state index contributed by atoms with van der Waals surface area (Å²) >= 11 is 6.25. The van der Waals surface area contributed by atoms with E-state index in [1.807, 2.05) is 19.9 Å². The van der Waals surface area contributed by atoms with Crippen LogP contribution in [0.5, 0.6) is 0 Å². The first kappa shape index (κ1) is 27.5. The van der Waals surface area contributed by atoms with Gasteiger partial charge in [-0.1, -0.05) is 30.7 Å². The molecule has 1 N–H and O–H groups in total. The Kier molecular flexibility index (Phi) is 7.48. The van der Waals surface area contributed by atoms with Crippen molar-refractivity contribution in [3.05, 3.63) is 64.1 Å². The van der Waals surface area contributed by atoms with Gasteiger partial charge < -0.3 is 10.1 Å². The van der Waals surface area contributed by atoms with Gasteiger partial charge in [0.25, 0.3) is 5.91 Å². The molecule has 3 aromatic rings. The van der Waals surface area contributed by atoms with Crippen LogP contribution in [0.4, 0.5) is 18.9 Å². The molecule has 0 saturated carbocycles. The van der Waals surface area contributed by atoms with Crippen molar-refractivity contribution in [1.82, 2.24) is 19.0 Å². The molecule has 1 aliphatic heterocycles. The van der Waals surface area contributed by atoms with Gasteiger partial charge in [-0.3, -0.25) is 14.2 Å². The number of nitrogens with zero attached hydrogens (tertiary/aromatic N) is 5. The molecule has 0 unspecified atom stereocenters. The van der Waals surface area contributed by atoms with Crippen LogP contribution in [-0.2, 0) is 27.7 Å². The van der Waals surface area contributed by atoms with E-state index in [0.717, 1.165) is 18.2 Å². The molecule has 0 aliphatic carbocycles. The fraction of sp³-hybridized carbons (Fsp3) is 0.348. The predicted octanol–water partition coefficient (Wildman–Crippen LogP) is 3.68. The molecule has 15 heteroatoms. The minimum Gasteiger partial charge on any atom is -0.467 e. The average Bonchev–Trinajstić information content (AvgIpc) is 3.24. The van der Waals surface area contributed by atoms with E-state index in [2.05, 4.69) is 15.4 Å². The number of aryl methyl sites for hydroxylation is 2. The van der Waals surface area contributed by atoms with Gasteiger partial charge in [-0.2, -0.15) is 21.6 Å². The number of sulfonamides is 1. The smallest absolute Gasteiger partial charge is 0.467 e. The van der Waals surface area contributed by atoms with E-state index in [4.69, 9.17) is 16.3 Å². The van der Waals surface area contributed by atoms with Crippen molar-refractivity contribution in [3.63, 3.8) is 0 Å². The molecule has 1 amide bonds. The number of carbonyl (C=O) groups excluding carboxylic acids is 1. The third-order valence-electron chi connectivity index (χ3n) is 5.91. The number of fused-ring (bicyclic) bond motifs is 1. The highest BCUT2D eigenvalue weighted by atomic mass is 35.5. The lowest BCUT2D eigenvalue weighted by Gasteiger charge is -2.32. The maximum absolute atomic E-state index is 13.0. The zero-order chi connectivity index (χ0) is 27.8. The Bertz CT molecular complexity index is 1510. The maximum Gasteiger partial charge on any atom is 0.516 e. The summed E-state index contributed by atoms with van der Waals surface area (Å²) in [7, 11) is -4.60. The zero-order valence-electron chi connectivity index (χ0n) is 20.6. The van der Waals surface area contributed by atoms with Gasteiger partial charge in [0.1, 0.15) is 11.3 Å². The van der Waals surface area contributed by atoms with Crippen molar-refractivity contribution in [3.8, 4) is 0 Å². The van der Waals surface area contributed by atoms with E-state index in [0.29, 0.717) is 34.2 Å². The summed E-state index contributed by atoms with van der Waals surface area (Å²) in [6, 6.07) is 7.85. The number of hydrogen-bond donors (Lipinski definition) is 1. The first-order chi connectivity index (χ1) is 17.9. The van der Waals surface area contributed by atoms with Crippen molar-refractivity contribution in [2.75, 3.05) is 25.2 Å². The van der Waals surface area contributed by atoms with Crippen LogP contribution < -0.4 is 10.3 Å². The number of amidine groups is 1. The number of nitrogens with one attached hydrogen (secondary N) is 1. The van der Waals surface area contributed by atoms with Gasteiger partial charge in [-0.25, -0.2) is 9.29 Å². The molecule has 204 valence electrons. The van der Waals surface area contributed by atoms with Crippen LogP contribution in [0.2, 0.25) is 5.02 Å². The molecule has 4 rings (SSSR count). The average molecular weight is 573 g/mol. The number of aromatic nitrogens is 2. The Morgan fingerprint density at radius 3 is 2.50 bits per heavy atom. The minimum absolute atomic E-state index is 0.0899. The van der Waals surface area contributed by atoms with E-state index in [9.17, 15) is 26.4 Å². The summed E-state index contributed by atoms with van der Waals surface area (Å²) in [5.41, 5.74) is -1.73. The molecule has 0 fully saturated rings. The van der Waals surface area contributed by atoms with Crippen molar-refractivity contribution >= 4 is 44.9 Å². The molecule has 0 bridgehead atoms. The van der Waals surface area contributed by atoms with Crippen molar-refractivity contribution in [2.24, 2.45) is 5.10 Å². The van der Waals surface area contributed by atoms with Gasteiger partial charge in [-0.05, 0) is 42.7 Å². The number of halogens is 4. The monoisotopic (exact) mass is 572 g/mol. The van der Waals surface area contributed by atoms with Crippen LogP contribution in [0.1, 0.15) is 34.2 Å².